The average molecular weight is 397 g/mol. The van der Waals surface area contributed by atoms with E-state index in [-0.39, 0.29) is 17.0 Å². The number of rotatable bonds is 4. The minimum absolute atomic E-state index is 0.117. The molecule has 4 heterocycles. The molecule has 3 aliphatic rings. The molecule has 2 aromatic rings. The van der Waals surface area contributed by atoms with Crippen LogP contribution in [0.15, 0.2) is 44.8 Å². The molecule has 2 bridgehead atoms. The third-order valence-electron chi connectivity index (χ3n) is 5.08. The summed E-state index contributed by atoms with van der Waals surface area (Å²) in [7, 11) is 0. The van der Waals surface area contributed by atoms with Crippen LogP contribution in [0.4, 0.5) is 13.2 Å². The summed E-state index contributed by atoms with van der Waals surface area (Å²) in [5.74, 6) is -0.701. The first-order chi connectivity index (χ1) is 12.9. The lowest BCUT2D eigenvalue weighted by molar-refractivity contribution is -0.155. The van der Waals surface area contributed by atoms with E-state index in [2.05, 4.69) is 19.9 Å². The standard InChI is InChI=1S/C18H18F3N3O2S/c19-18(20,21)15-9-16(23-26-15)27-13-3-1-12(2-4-13)17(25)22-14-10-24-7-5-11(14)6-8-24/h1-4,9,11,14H,5-8,10H2,(H,22,25). The van der Waals surface area contributed by atoms with Gasteiger partial charge in [-0.05, 0) is 56.1 Å². The number of carbonyl (C=O) groups is 1. The van der Waals surface area contributed by atoms with Crippen LogP contribution in [-0.4, -0.2) is 41.6 Å². The van der Waals surface area contributed by atoms with Crippen molar-refractivity contribution < 1.29 is 22.5 Å². The topological polar surface area (TPSA) is 58.4 Å². The third-order valence-corrected chi connectivity index (χ3v) is 5.99. The number of hydrogen-bond donors (Lipinski definition) is 1. The van der Waals surface area contributed by atoms with Gasteiger partial charge in [0, 0.05) is 29.1 Å². The molecule has 5 rings (SSSR count). The molecule has 1 amide bonds. The fourth-order valence-electron chi connectivity index (χ4n) is 3.62. The van der Waals surface area contributed by atoms with Gasteiger partial charge < -0.3 is 14.7 Å². The SMILES string of the molecule is O=C(NC1CN2CCC1CC2)c1ccc(Sc2cc(C(F)(F)F)on2)cc1. The van der Waals surface area contributed by atoms with Gasteiger partial charge in [0.05, 0.1) is 0 Å². The molecule has 1 atom stereocenters. The van der Waals surface area contributed by atoms with Crippen LogP contribution in [0.2, 0.25) is 0 Å². The summed E-state index contributed by atoms with van der Waals surface area (Å²) in [5.41, 5.74) is 0.534. The Morgan fingerprint density at radius 1 is 1.22 bits per heavy atom. The van der Waals surface area contributed by atoms with Gasteiger partial charge in [-0.15, -0.1) is 0 Å². The quantitative estimate of drug-likeness (QED) is 0.853. The molecular weight excluding hydrogens is 379 g/mol. The van der Waals surface area contributed by atoms with Crippen LogP contribution in [0, 0.1) is 5.92 Å². The largest absolute Gasteiger partial charge is 0.452 e. The van der Waals surface area contributed by atoms with Crippen molar-refractivity contribution in [2.45, 2.75) is 35.0 Å². The summed E-state index contributed by atoms with van der Waals surface area (Å²) in [5, 5.41) is 6.65. The van der Waals surface area contributed by atoms with Crippen molar-refractivity contribution in [2.24, 2.45) is 5.92 Å². The van der Waals surface area contributed by atoms with Gasteiger partial charge in [-0.1, -0.05) is 16.9 Å². The summed E-state index contributed by atoms with van der Waals surface area (Å²) in [6.07, 6.45) is -2.31. The van der Waals surface area contributed by atoms with Crippen LogP contribution in [0.3, 0.4) is 0 Å². The number of fused-ring (bicyclic) bond motifs is 3. The Balaban J connectivity index is 1.37. The molecule has 1 aromatic heterocycles. The lowest BCUT2D eigenvalue weighted by Gasteiger charge is -2.44. The highest BCUT2D eigenvalue weighted by atomic mass is 32.2. The smallest absolute Gasteiger partial charge is 0.350 e. The van der Waals surface area contributed by atoms with Crippen LogP contribution < -0.4 is 5.32 Å². The van der Waals surface area contributed by atoms with E-state index in [0.29, 0.717) is 16.4 Å². The third kappa shape index (κ3) is 4.14. The maximum Gasteiger partial charge on any atom is 0.452 e. The Kier molecular flexibility index (Phi) is 4.90. The van der Waals surface area contributed by atoms with Crippen LogP contribution in [0.25, 0.3) is 0 Å². The number of alkyl halides is 3. The van der Waals surface area contributed by atoms with E-state index in [9.17, 15) is 18.0 Å². The number of nitrogens with one attached hydrogen (secondary N) is 1. The number of nitrogens with zero attached hydrogens (tertiary/aromatic N) is 2. The predicted molar refractivity (Wildman–Crippen MR) is 92.5 cm³/mol. The van der Waals surface area contributed by atoms with E-state index >= 15 is 0 Å². The van der Waals surface area contributed by atoms with Gasteiger partial charge in [0.2, 0.25) is 5.76 Å². The highest BCUT2D eigenvalue weighted by Gasteiger charge is 2.36. The van der Waals surface area contributed by atoms with E-state index < -0.39 is 11.9 Å². The zero-order valence-electron chi connectivity index (χ0n) is 14.3. The van der Waals surface area contributed by atoms with Gasteiger partial charge in [-0.3, -0.25) is 4.79 Å². The number of amides is 1. The lowest BCUT2D eigenvalue weighted by Crippen LogP contribution is -2.57. The number of carbonyl (C=O) groups excluding carboxylic acids is 1. The van der Waals surface area contributed by atoms with Gasteiger partial charge in [-0.2, -0.15) is 13.2 Å². The molecular formula is C18H18F3N3O2S. The second-order valence-electron chi connectivity index (χ2n) is 6.87. The molecule has 3 saturated heterocycles. The number of benzene rings is 1. The Bertz CT molecular complexity index is 814. The molecule has 0 spiro atoms. The fraction of sp³-hybridized carbons (Fsp3) is 0.444. The summed E-state index contributed by atoms with van der Waals surface area (Å²) < 4.78 is 41.9. The Morgan fingerprint density at radius 2 is 1.93 bits per heavy atom. The van der Waals surface area contributed by atoms with Gasteiger partial charge in [-0.25, -0.2) is 0 Å². The molecule has 0 saturated carbocycles. The van der Waals surface area contributed by atoms with E-state index in [4.69, 9.17) is 0 Å². The summed E-state index contributed by atoms with van der Waals surface area (Å²) in [6, 6.07) is 7.77. The normalized spacial score (nSPS) is 24.8. The first-order valence-corrected chi connectivity index (χ1v) is 9.55. The van der Waals surface area contributed by atoms with Gasteiger partial charge in [0.15, 0.2) is 0 Å². The molecule has 1 unspecified atom stereocenters. The second kappa shape index (κ2) is 7.20. The van der Waals surface area contributed by atoms with E-state index in [1.807, 2.05) is 0 Å². The lowest BCUT2D eigenvalue weighted by atomic mass is 9.84. The van der Waals surface area contributed by atoms with Crippen molar-refractivity contribution in [3.63, 3.8) is 0 Å². The van der Waals surface area contributed by atoms with Gasteiger partial charge >= 0.3 is 6.18 Å². The number of aromatic nitrogens is 1. The highest BCUT2D eigenvalue weighted by Crippen LogP contribution is 2.34. The number of piperidine rings is 3. The maximum atomic E-state index is 12.5. The summed E-state index contributed by atoms with van der Waals surface area (Å²) in [4.78, 5) is 15.5. The van der Waals surface area contributed by atoms with Crippen molar-refractivity contribution in [3.8, 4) is 0 Å². The molecule has 0 aliphatic carbocycles. The predicted octanol–water partition coefficient (Wildman–Crippen LogP) is 3.67. The minimum Gasteiger partial charge on any atom is -0.350 e. The summed E-state index contributed by atoms with van der Waals surface area (Å²) >= 11 is 1.05. The Labute approximate surface area is 158 Å². The highest BCUT2D eigenvalue weighted by molar-refractivity contribution is 7.99. The average Bonchev–Trinajstić information content (AvgIpc) is 3.12. The van der Waals surface area contributed by atoms with Crippen molar-refractivity contribution in [1.82, 2.24) is 15.4 Å². The molecule has 1 N–H and O–H groups in total. The summed E-state index contributed by atoms with van der Waals surface area (Å²) in [6.45, 7) is 3.13. The van der Waals surface area contributed by atoms with Gasteiger partial charge in [0.25, 0.3) is 5.91 Å². The molecule has 27 heavy (non-hydrogen) atoms. The maximum absolute atomic E-state index is 12.5. The van der Waals surface area contributed by atoms with Crippen LogP contribution >= 0.6 is 11.8 Å². The van der Waals surface area contributed by atoms with Crippen molar-refractivity contribution in [1.29, 1.82) is 0 Å². The first kappa shape index (κ1) is 18.4. The second-order valence-corrected chi connectivity index (χ2v) is 7.97. The van der Waals surface area contributed by atoms with Gasteiger partial charge in [0.1, 0.15) is 5.03 Å². The molecule has 5 nitrogen and oxygen atoms in total. The first-order valence-electron chi connectivity index (χ1n) is 8.73. The fourth-order valence-corrected chi connectivity index (χ4v) is 4.37. The Hall–Kier alpha value is -2.00. The minimum atomic E-state index is -4.55. The molecule has 144 valence electrons. The van der Waals surface area contributed by atoms with Crippen molar-refractivity contribution >= 4 is 17.7 Å². The molecule has 1 aromatic carbocycles. The van der Waals surface area contributed by atoms with Crippen molar-refractivity contribution in [2.75, 3.05) is 19.6 Å². The molecule has 9 heteroatoms. The molecule has 3 fully saturated rings. The zero-order valence-corrected chi connectivity index (χ0v) is 15.1. The van der Waals surface area contributed by atoms with E-state index in [1.54, 1.807) is 24.3 Å². The monoisotopic (exact) mass is 397 g/mol. The van der Waals surface area contributed by atoms with Crippen LogP contribution in [0.5, 0.6) is 0 Å². The van der Waals surface area contributed by atoms with Crippen LogP contribution in [-0.2, 0) is 6.18 Å². The zero-order chi connectivity index (χ0) is 19.0. The van der Waals surface area contributed by atoms with Crippen LogP contribution in [0.1, 0.15) is 29.0 Å². The molecule has 3 aliphatic heterocycles. The molecule has 0 radical (unpaired) electrons. The van der Waals surface area contributed by atoms with E-state index in [0.717, 1.165) is 50.3 Å². The number of halogens is 3. The Morgan fingerprint density at radius 3 is 2.48 bits per heavy atom. The van der Waals surface area contributed by atoms with E-state index in [1.165, 1.54) is 0 Å². The van der Waals surface area contributed by atoms with Crippen molar-refractivity contribution in [3.05, 3.63) is 41.7 Å². The number of hydrogen-bond acceptors (Lipinski definition) is 5.